The zero-order chi connectivity index (χ0) is 52.4. The number of anilines is 2. The fraction of sp³-hybridized carbons (Fsp3) is 0.0455. The number of nitrogens with two attached hydrogens (primary N) is 1. The quantitative estimate of drug-likeness (QED) is 0.0427. The fourth-order valence-electron chi connectivity index (χ4n) is 6.48. The Bertz CT molecular complexity index is 3890. The maximum absolute atomic E-state index is 14.2. The third kappa shape index (κ3) is 12.1. The Morgan fingerprint density at radius 1 is 0.581 bits per heavy atom. The van der Waals surface area contributed by atoms with Crippen molar-refractivity contribution in [2.75, 3.05) is 24.7 Å². The van der Waals surface area contributed by atoms with Crippen molar-refractivity contribution in [3.63, 3.8) is 0 Å². The molecule has 0 spiro atoms. The van der Waals surface area contributed by atoms with Crippen molar-refractivity contribution in [2.24, 2.45) is 0 Å². The molecule has 0 amide bonds. The minimum absolute atomic E-state index is 0. The molecule has 0 bridgehead atoms. The number of rotatable bonds is 10. The van der Waals surface area contributed by atoms with Gasteiger partial charge in [-0.25, -0.2) is 30.4 Å². The highest BCUT2D eigenvalue weighted by atomic mass is 79.9. The Balaban J connectivity index is 0.000000242. The third-order valence-corrected chi connectivity index (χ3v) is 13.5. The number of halogens is 9. The maximum atomic E-state index is 14.2. The number of methoxy groups -OCH3 is 2. The van der Waals surface area contributed by atoms with Crippen LogP contribution in [-0.2, 0) is 20.1 Å². The molecule has 0 radical (unpaired) electrons. The Kier molecular flexibility index (Phi) is 18.5. The Morgan fingerprint density at radius 2 is 1.03 bits per heavy atom. The maximum Gasteiger partial charge on any atom is 0.339 e. The van der Waals surface area contributed by atoms with Crippen molar-refractivity contribution in [1.82, 2.24) is 19.4 Å². The molecule has 0 aliphatic rings. The van der Waals surface area contributed by atoms with E-state index in [1.807, 2.05) is 0 Å². The molecule has 4 heterocycles. The van der Waals surface area contributed by atoms with E-state index in [-0.39, 0.29) is 73.2 Å². The topological polar surface area (TPSA) is 230 Å². The zero-order valence-corrected chi connectivity index (χ0v) is 45.0. The molecule has 0 aliphatic heterocycles. The molecule has 2 unspecified atom stereocenters. The predicted molar refractivity (Wildman–Crippen MR) is 272 cm³/mol. The molecular weight excluding hydrogens is 1210 g/mol. The third-order valence-electron chi connectivity index (χ3n) is 9.75. The first kappa shape index (κ1) is 58.1. The van der Waals surface area contributed by atoms with Crippen LogP contribution in [0.5, 0.6) is 17.2 Å². The summed E-state index contributed by atoms with van der Waals surface area (Å²) >= 11 is 6.09. The zero-order valence-electron chi connectivity index (χ0n) is 37.4. The molecule has 0 fully saturated rings. The molecule has 0 saturated carbocycles. The van der Waals surface area contributed by atoms with E-state index >= 15 is 0 Å². The van der Waals surface area contributed by atoms with E-state index in [4.69, 9.17) is 15.2 Å². The van der Waals surface area contributed by atoms with Gasteiger partial charge in [-0.05, 0) is 92.5 Å². The fourth-order valence-corrected chi connectivity index (χ4v) is 9.12. The van der Waals surface area contributed by atoms with Crippen LogP contribution in [-0.4, -0.2) is 50.5 Å². The monoisotopic (exact) mass is 1240 g/mol. The summed E-state index contributed by atoms with van der Waals surface area (Å²) in [6.07, 6.45) is 2.66. The summed E-state index contributed by atoms with van der Waals surface area (Å²) in [6, 6.07) is 19.9. The summed E-state index contributed by atoms with van der Waals surface area (Å²) in [4.78, 5) is 24.5. The van der Waals surface area contributed by atoms with Gasteiger partial charge in [-0.15, -0.1) is 0 Å². The first-order valence-electron chi connectivity index (χ1n) is 19.5. The summed E-state index contributed by atoms with van der Waals surface area (Å²) < 4.78 is 175. The molecule has 4 aromatic heterocycles. The van der Waals surface area contributed by atoms with Crippen LogP contribution in [0, 0.1) is 40.7 Å². The molecule has 0 aliphatic carbocycles. The molecule has 17 nitrogen and oxygen atoms in total. The van der Waals surface area contributed by atoms with Gasteiger partial charge in [-0.1, -0.05) is 10.3 Å². The number of aromatic nitrogens is 4. The number of ether oxygens (including phenoxy) is 2. The average molecular weight is 1240 g/mol. The molecule has 9 aromatic rings. The van der Waals surface area contributed by atoms with Crippen LogP contribution in [0.25, 0.3) is 33.2 Å². The lowest BCUT2D eigenvalue weighted by Crippen LogP contribution is -2.19. The normalized spacial score (nSPS) is 11.1. The number of nitrogens with one attached hydrogen (secondary N) is 1. The molecule has 2 atom stereocenters. The lowest BCUT2D eigenvalue weighted by atomic mass is 10.2. The van der Waals surface area contributed by atoms with Gasteiger partial charge in [-0.3, -0.25) is 23.4 Å². The van der Waals surface area contributed by atoms with Gasteiger partial charge in [0.1, 0.15) is 40.6 Å². The number of pyridine rings is 2. The second kappa shape index (κ2) is 23.6. The number of sulfonamides is 1. The minimum atomic E-state index is -5.12. The van der Waals surface area contributed by atoms with Gasteiger partial charge < -0.3 is 28.4 Å². The van der Waals surface area contributed by atoms with Crippen molar-refractivity contribution in [3.05, 3.63) is 180 Å². The van der Waals surface area contributed by atoms with E-state index in [1.165, 1.54) is 92.0 Å². The average Bonchev–Trinajstić information content (AvgIpc) is 4.07. The van der Waals surface area contributed by atoms with Gasteiger partial charge in [0, 0.05) is 47.2 Å². The molecule has 30 heteroatoms. The van der Waals surface area contributed by atoms with Gasteiger partial charge in [-0.2, -0.15) is 37.0 Å². The molecule has 9 rings (SSSR count). The second-order valence-electron chi connectivity index (χ2n) is 14.2. The van der Waals surface area contributed by atoms with Crippen molar-refractivity contribution in [1.29, 1.82) is 0 Å². The van der Waals surface area contributed by atoms with Crippen LogP contribution in [0.1, 0.15) is 0 Å². The lowest BCUT2D eigenvalue weighted by molar-refractivity contribution is 0.346. The highest BCUT2D eigenvalue weighted by Crippen LogP contribution is 2.35. The van der Waals surface area contributed by atoms with E-state index in [0.717, 1.165) is 34.9 Å². The van der Waals surface area contributed by atoms with Crippen LogP contribution >= 0.6 is 51.7 Å². The van der Waals surface area contributed by atoms with Crippen molar-refractivity contribution in [3.8, 4) is 28.6 Å². The molecule has 74 heavy (non-hydrogen) atoms. The number of hydrogen-bond acceptors (Lipinski definition) is 14. The van der Waals surface area contributed by atoms with E-state index in [2.05, 4.69) is 60.1 Å². The minimum Gasteiger partial charge on any atom is -0.495 e. The highest BCUT2D eigenvalue weighted by molar-refractivity contribution is 9.10. The Morgan fingerprint density at radius 3 is 1.45 bits per heavy atom. The van der Waals surface area contributed by atoms with E-state index < -0.39 is 82.6 Å². The van der Waals surface area contributed by atoms with Crippen LogP contribution in [0.4, 0.5) is 42.4 Å². The first-order valence-corrected chi connectivity index (χ1v) is 24.0. The standard InChI is InChI=1S/C22H10BrF6NO5S.C19H13BrFN3O5S.C3H4N2O.2H3P/c1-34-15-7-11(23)12(24)8-14(15)30-13-4-3-10(6-9(13)2-5-16(30)31)36(32,33)35-22-20(28)18(26)17(25)19(27)21(22)29;1-28-17-9-13(20)14(21)10-16(17)24-15-4-3-12(8-11(15)2-5-19(24)25)30(26,27)23-18-6-7-29-22-18;4-3-1-2-6-5-3;;/h2-8H,1H3;2-10H,1H3,(H,22,23);1-2H,(H2,4,5);2*1H3. The molecule has 5 aromatic carbocycles. The number of benzene rings is 5. The Labute approximate surface area is 435 Å². The smallest absolute Gasteiger partial charge is 0.339 e. The molecule has 390 valence electrons. The number of nitrogens with zero attached hydrogens (tertiary/aromatic N) is 4. The van der Waals surface area contributed by atoms with E-state index in [0.29, 0.717) is 16.7 Å². The summed E-state index contributed by atoms with van der Waals surface area (Å²) in [5.74, 6) is -14.7. The lowest BCUT2D eigenvalue weighted by Gasteiger charge is -2.15. The van der Waals surface area contributed by atoms with Gasteiger partial charge in [0.15, 0.2) is 11.6 Å². The van der Waals surface area contributed by atoms with Gasteiger partial charge in [0.05, 0.1) is 50.5 Å². The summed E-state index contributed by atoms with van der Waals surface area (Å²) in [6.45, 7) is 0. The van der Waals surface area contributed by atoms with Gasteiger partial charge in [0.2, 0.25) is 34.8 Å². The number of hydrogen-bond donors (Lipinski definition) is 2. The van der Waals surface area contributed by atoms with Crippen molar-refractivity contribution in [2.45, 2.75) is 9.79 Å². The number of nitrogen functional groups attached to an aromatic ring is 1. The van der Waals surface area contributed by atoms with Crippen molar-refractivity contribution >= 4 is 105 Å². The van der Waals surface area contributed by atoms with Crippen LogP contribution in [0.3, 0.4) is 0 Å². The molecular formula is C44H33Br2F7N6O11P2S2. The van der Waals surface area contributed by atoms with Crippen molar-refractivity contribution < 1.29 is 70.3 Å². The van der Waals surface area contributed by atoms with Gasteiger partial charge in [0.25, 0.3) is 21.1 Å². The molecule has 0 saturated heterocycles. The SMILES string of the molecule is COc1cc(Br)c(F)cc1-n1c(=O)ccc2cc(S(=O)(=O)Nc3ccon3)ccc21.COc1cc(Br)c(F)cc1-n1c(=O)ccc2cc(S(=O)(=O)Oc3c(F)c(F)c(F)c(F)c3F)ccc21.Nc1ccon1.P.P. The van der Waals surface area contributed by atoms with E-state index in [9.17, 15) is 57.2 Å². The summed E-state index contributed by atoms with van der Waals surface area (Å²) in [5, 5.41) is 7.35. The van der Waals surface area contributed by atoms with Crippen LogP contribution < -0.4 is 35.2 Å². The summed E-state index contributed by atoms with van der Waals surface area (Å²) in [7, 11) is -6.38. The predicted octanol–water partition coefficient (Wildman–Crippen LogP) is 9.43. The largest absolute Gasteiger partial charge is 0.495 e. The number of fused-ring (bicyclic) bond motifs is 2. The Hall–Kier alpha value is -6.83. The highest BCUT2D eigenvalue weighted by Gasteiger charge is 2.31. The first-order chi connectivity index (χ1) is 34.1. The second-order valence-corrected chi connectivity index (χ2v) is 19.1. The summed E-state index contributed by atoms with van der Waals surface area (Å²) in [5.41, 5.74) is 4.60. The van der Waals surface area contributed by atoms with Crippen LogP contribution in [0.2, 0.25) is 0 Å². The van der Waals surface area contributed by atoms with Crippen LogP contribution in [0.15, 0.2) is 147 Å². The van der Waals surface area contributed by atoms with Gasteiger partial charge >= 0.3 is 10.1 Å². The van der Waals surface area contributed by atoms with E-state index in [1.54, 1.807) is 6.07 Å². The molecule has 3 N–H and O–H groups in total.